The van der Waals surface area contributed by atoms with Crippen LogP contribution in [0, 0.1) is 18.3 Å². The van der Waals surface area contributed by atoms with Crippen molar-refractivity contribution in [2.24, 2.45) is 5.92 Å². The lowest BCUT2D eigenvalue weighted by molar-refractivity contribution is -0.132. The van der Waals surface area contributed by atoms with Gasteiger partial charge in [0.2, 0.25) is 5.91 Å². The number of rotatable bonds is 6. The molecule has 2 aromatic carbocycles. The molecule has 1 saturated heterocycles. The summed E-state index contributed by atoms with van der Waals surface area (Å²) in [6, 6.07) is 15.0. The zero-order chi connectivity index (χ0) is 23.6. The van der Waals surface area contributed by atoms with Crippen molar-refractivity contribution < 1.29 is 9.59 Å². The van der Waals surface area contributed by atoms with Crippen molar-refractivity contribution in [1.82, 2.24) is 15.5 Å². The Labute approximate surface area is 190 Å². The topological polar surface area (TPSA) is 85.3 Å². The van der Waals surface area contributed by atoms with E-state index in [-0.39, 0.29) is 35.8 Å². The summed E-state index contributed by atoms with van der Waals surface area (Å²) in [6.45, 7) is 11.9. The molecule has 0 bridgehead atoms. The quantitative estimate of drug-likeness (QED) is 0.615. The van der Waals surface area contributed by atoms with Gasteiger partial charge in [-0.3, -0.25) is 19.9 Å². The summed E-state index contributed by atoms with van der Waals surface area (Å²) in [6.07, 6.45) is 0.325. The highest BCUT2D eigenvalue weighted by Gasteiger charge is 2.42. The third-order valence-electron chi connectivity index (χ3n) is 6.59. The first kappa shape index (κ1) is 23.5. The maximum Gasteiger partial charge on any atom is 0.251 e. The van der Waals surface area contributed by atoms with E-state index in [1.807, 2.05) is 76.2 Å². The fraction of sp³-hybridized carbons (Fsp3) is 0.423. The lowest BCUT2D eigenvalue weighted by Crippen LogP contribution is -2.63. The number of nitrogens with one attached hydrogen (secondary N) is 3. The van der Waals surface area contributed by atoms with E-state index in [0.717, 1.165) is 16.7 Å². The highest BCUT2D eigenvalue weighted by molar-refractivity contribution is 6.00. The molecule has 0 aliphatic carbocycles. The van der Waals surface area contributed by atoms with E-state index in [4.69, 9.17) is 5.41 Å². The molecular formula is C26H34N4O2. The zero-order valence-corrected chi connectivity index (χ0v) is 19.8. The van der Waals surface area contributed by atoms with Gasteiger partial charge in [0.25, 0.3) is 5.91 Å². The lowest BCUT2D eigenvalue weighted by atomic mass is 9.83. The third kappa shape index (κ3) is 4.85. The Morgan fingerprint density at radius 3 is 2.34 bits per heavy atom. The van der Waals surface area contributed by atoms with Crippen LogP contribution in [0.25, 0.3) is 0 Å². The molecule has 0 spiro atoms. The Hall–Kier alpha value is -3.15. The summed E-state index contributed by atoms with van der Waals surface area (Å²) in [5.74, 6) is 0.0759. The second-order valence-electron chi connectivity index (χ2n) is 9.40. The van der Waals surface area contributed by atoms with Gasteiger partial charge >= 0.3 is 0 Å². The van der Waals surface area contributed by atoms with Crippen molar-refractivity contribution in [1.29, 1.82) is 5.41 Å². The van der Waals surface area contributed by atoms with E-state index in [1.54, 1.807) is 0 Å². The predicted molar refractivity (Wildman–Crippen MR) is 127 cm³/mol. The molecule has 3 atom stereocenters. The number of aryl methyl sites for hydroxylation is 1. The van der Waals surface area contributed by atoms with Gasteiger partial charge in [-0.25, -0.2) is 0 Å². The maximum absolute atomic E-state index is 13.0. The Morgan fingerprint density at radius 1 is 1.09 bits per heavy atom. The van der Waals surface area contributed by atoms with E-state index in [1.165, 1.54) is 4.90 Å². The molecule has 6 nitrogen and oxygen atoms in total. The highest BCUT2D eigenvalue weighted by atomic mass is 16.2. The van der Waals surface area contributed by atoms with E-state index < -0.39 is 5.54 Å². The standard InChI is InChI=1S/C26H34N4O2/c1-16(2)26(6)15-23(31)30(25(27)29-26)19(5)21-12-17(3)13-22(14-21)24(32)28-18(4)20-10-8-7-9-11-20/h7-14,16,18-19H,15H2,1-6H3,(H2,27,29)(H,28,32)/t18-,19+,26-/m0/s1. The molecule has 2 amide bonds. The van der Waals surface area contributed by atoms with Crippen molar-refractivity contribution in [3.63, 3.8) is 0 Å². The Balaban J connectivity index is 1.81. The van der Waals surface area contributed by atoms with E-state index in [2.05, 4.69) is 24.5 Å². The molecule has 170 valence electrons. The summed E-state index contributed by atoms with van der Waals surface area (Å²) in [4.78, 5) is 27.5. The number of guanidine groups is 1. The number of carbonyl (C=O) groups excluding carboxylic acids is 2. The number of amides is 2. The summed E-state index contributed by atoms with van der Waals surface area (Å²) in [5, 5.41) is 14.8. The van der Waals surface area contributed by atoms with Crippen LogP contribution in [0.15, 0.2) is 48.5 Å². The molecule has 6 heteroatoms. The minimum Gasteiger partial charge on any atom is -0.350 e. The van der Waals surface area contributed by atoms with E-state index >= 15 is 0 Å². The van der Waals surface area contributed by atoms with Crippen LogP contribution in [0.4, 0.5) is 0 Å². The lowest BCUT2D eigenvalue weighted by Gasteiger charge is -2.45. The van der Waals surface area contributed by atoms with Gasteiger partial charge in [-0.2, -0.15) is 0 Å². The molecule has 1 aliphatic heterocycles. The molecule has 1 aliphatic rings. The van der Waals surface area contributed by atoms with Gasteiger partial charge in [-0.05, 0) is 62.4 Å². The van der Waals surface area contributed by atoms with E-state index in [0.29, 0.717) is 12.0 Å². The van der Waals surface area contributed by atoms with Crippen LogP contribution in [0.2, 0.25) is 0 Å². The molecule has 32 heavy (non-hydrogen) atoms. The molecule has 0 saturated carbocycles. The van der Waals surface area contributed by atoms with Crippen LogP contribution in [-0.2, 0) is 4.79 Å². The van der Waals surface area contributed by atoms with Gasteiger partial charge in [0.15, 0.2) is 5.96 Å². The second-order valence-corrected chi connectivity index (χ2v) is 9.40. The van der Waals surface area contributed by atoms with Crippen molar-refractivity contribution in [2.75, 3.05) is 0 Å². The Morgan fingerprint density at radius 2 is 1.75 bits per heavy atom. The Kier molecular flexibility index (Phi) is 6.72. The van der Waals surface area contributed by atoms with Crippen LogP contribution in [0.1, 0.15) is 80.2 Å². The first-order chi connectivity index (χ1) is 15.0. The van der Waals surface area contributed by atoms with Crippen molar-refractivity contribution in [3.8, 4) is 0 Å². The minimum atomic E-state index is -0.435. The van der Waals surface area contributed by atoms with Gasteiger partial charge < -0.3 is 10.6 Å². The predicted octanol–water partition coefficient (Wildman–Crippen LogP) is 4.72. The molecule has 2 aromatic rings. The molecule has 0 aromatic heterocycles. The molecule has 0 radical (unpaired) electrons. The molecular weight excluding hydrogens is 400 g/mol. The van der Waals surface area contributed by atoms with Crippen molar-refractivity contribution >= 4 is 17.8 Å². The average Bonchev–Trinajstić information content (AvgIpc) is 2.73. The summed E-state index contributed by atoms with van der Waals surface area (Å²) in [5.41, 5.74) is 2.91. The molecule has 1 heterocycles. The first-order valence-corrected chi connectivity index (χ1v) is 11.2. The van der Waals surface area contributed by atoms with Crippen LogP contribution in [-0.4, -0.2) is 28.2 Å². The van der Waals surface area contributed by atoms with Gasteiger partial charge in [0.1, 0.15) is 0 Å². The van der Waals surface area contributed by atoms with Crippen molar-refractivity contribution in [3.05, 3.63) is 70.8 Å². The van der Waals surface area contributed by atoms with Gasteiger partial charge in [-0.1, -0.05) is 50.2 Å². The number of hydrogen-bond acceptors (Lipinski definition) is 3. The summed E-state index contributed by atoms with van der Waals surface area (Å²) < 4.78 is 0. The van der Waals surface area contributed by atoms with Crippen LogP contribution in [0.3, 0.4) is 0 Å². The summed E-state index contributed by atoms with van der Waals surface area (Å²) >= 11 is 0. The highest BCUT2D eigenvalue weighted by Crippen LogP contribution is 2.31. The van der Waals surface area contributed by atoms with Gasteiger partial charge in [0.05, 0.1) is 18.5 Å². The number of nitrogens with zero attached hydrogens (tertiary/aromatic N) is 1. The molecule has 3 rings (SSSR count). The monoisotopic (exact) mass is 434 g/mol. The molecule has 1 fully saturated rings. The largest absolute Gasteiger partial charge is 0.350 e. The number of benzene rings is 2. The number of hydrogen-bond donors (Lipinski definition) is 3. The normalized spacial score (nSPS) is 20.7. The second kappa shape index (κ2) is 9.15. The van der Waals surface area contributed by atoms with Crippen LogP contribution in [0.5, 0.6) is 0 Å². The maximum atomic E-state index is 13.0. The van der Waals surface area contributed by atoms with Crippen LogP contribution >= 0.6 is 0 Å². The smallest absolute Gasteiger partial charge is 0.251 e. The Bertz CT molecular complexity index is 998. The van der Waals surface area contributed by atoms with Crippen molar-refractivity contribution in [2.45, 2.75) is 65.6 Å². The average molecular weight is 435 g/mol. The van der Waals surface area contributed by atoms with Crippen LogP contribution < -0.4 is 10.6 Å². The minimum absolute atomic E-state index is 0.0809. The molecule has 0 unspecified atom stereocenters. The van der Waals surface area contributed by atoms with E-state index in [9.17, 15) is 9.59 Å². The molecule has 3 N–H and O–H groups in total. The third-order valence-corrected chi connectivity index (χ3v) is 6.59. The van der Waals surface area contributed by atoms with Gasteiger partial charge in [0, 0.05) is 11.1 Å². The number of carbonyl (C=O) groups is 2. The van der Waals surface area contributed by atoms with Gasteiger partial charge in [-0.15, -0.1) is 0 Å². The fourth-order valence-electron chi connectivity index (χ4n) is 4.10. The summed E-state index contributed by atoms with van der Waals surface area (Å²) in [7, 11) is 0. The SMILES string of the molecule is Cc1cc(C(=O)N[C@@H](C)c2ccccc2)cc([C@@H](C)N2C(=N)N[C@](C)(C(C)C)CC2=O)c1. The first-order valence-electron chi connectivity index (χ1n) is 11.2. The zero-order valence-electron chi connectivity index (χ0n) is 19.8. The fourth-order valence-corrected chi connectivity index (χ4v) is 4.10.